The Hall–Kier alpha value is -1.10. The van der Waals surface area contributed by atoms with E-state index in [0.717, 1.165) is 6.54 Å². The molecule has 0 spiro atoms. The highest BCUT2D eigenvalue weighted by molar-refractivity contribution is 5.86. The van der Waals surface area contributed by atoms with Gasteiger partial charge in [-0.2, -0.15) is 0 Å². The molecule has 2 amide bonds. The maximum absolute atomic E-state index is 11.7. The minimum Gasteiger partial charge on any atom is -0.353 e. The summed E-state index contributed by atoms with van der Waals surface area (Å²) in [5, 5.41) is 5.88. The highest BCUT2D eigenvalue weighted by Gasteiger charge is 2.21. The Balaban J connectivity index is 2.35. The van der Waals surface area contributed by atoms with Crippen molar-refractivity contribution in [3.8, 4) is 0 Å². The van der Waals surface area contributed by atoms with E-state index < -0.39 is 0 Å². The summed E-state index contributed by atoms with van der Waals surface area (Å²) in [5.74, 6) is -0.0102. The molecule has 1 atom stereocenters. The number of nitrogens with zero attached hydrogens (tertiary/aromatic N) is 1. The Labute approximate surface area is 90.2 Å². The van der Waals surface area contributed by atoms with E-state index in [0.29, 0.717) is 19.5 Å². The van der Waals surface area contributed by atoms with E-state index in [1.165, 1.54) is 0 Å². The number of piperazine rings is 1. The standard InChI is InChI=1S/C10H19N3O2/c1-3-11-8(2)6-10(15)13-5-4-12-9(14)7-13/h8,11H,3-7H2,1-2H3,(H,12,14). The summed E-state index contributed by atoms with van der Waals surface area (Å²) in [6.45, 7) is 6.25. The van der Waals surface area contributed by atoms with E-state index >= 15 is 0 Å². The van der Waals surface area contributed by atoms with E-state index in [-0.39, 0.29) is 24.4 Å². The molecular formula is C10H19N3O2. The molecule has 1 rings (SSSR count). The number of rotatable bonds is 4. The largest absolute Gasteiger partial charge is 0.353 e. The Morgan fingerprint density at radius 2 is 2.40 bits per heavy atom. The molecule has 0 saturated carbocycles. The van der Waals surface area contributed by atoms with Crippen LogP contribution in [0.1, 0.15) is 20.3 Å². The molecule has 0 aliphatic carbocycles. The van der Waals surface area contributed by atoms with Crippen LogP contribution in [-0.2, 0) is 9.59 Å². The fraction of sp³-hybridized carbons (Fsp3) is 0.800. The summed E-state index contributed by atoms with van der Waals surface area (Å²) >= 11 is 0. The fourth-order valence-corrected chi connectivity index (χ4v) is 1.66. The van der Waals surface area contributed by atoms with Gasteiger partial charge in [-0.1, -0.05) is 6.92 Å². The van der Waals surface area contributed by atoms with Crippen molar-refractivity contribution in [2.75, 3.05) is 26.2 Å². The van der Waals surface area contributed by atoms with Crippen LogP contribution in [0.25, 0.3) is 0 Å². The zero-order valence-electron chi connectivity index (χ0n) is 9.38. The lowest BCUT2D eigenvalue weighted by Gasteiger charge is -2.27. The molecule has 2 N–H and O–H groups in total. The molecule has 15 heavy (non-hydrogen) atoms. The van der Waals surface area contributed by atoms with Crippen LogP contribution in [0.5, 0.6) is 0 Å². The van der Waals surface area contributed by atoms with E-state index in [2.05, 4.69) is 10.6 Å². The molecule has 0 aromatic carbocycles. The molecule has 1 aliphatic heterocycles. The van der Waals surface area contributed by atoms with Crippen molar-refractivity contribution in [1.29, 1.82) is 0 Å². The number of hydrogen-bond acceptors (Lipinski definition) is 3. The first-order valence-electron chi connectivity index (χ1n) is 5.41. The zero-order valence-corrected chi connectivity index (χ0v) is 9.38. The lowest BCUT2D eigenvalue weighted by molar-refractivity contribution is -0.138. The smallest absolute Gasteiger partial charge is 0.239 e. The predicted octanol–water partition coefficient (Wildman–Crippen LogP) is -0.667. The highest BCUT2D eigenvalue weighted by atomic mass is 16.2. The summed E-state index contributed by atoms with van der Waals surface area (Å²) < 4.78 is 0. The van der Waals surface area contributed by atoms with Gasteiger partial charge in [-0.15, -0.1) is 0 Å². The lowest BCUT2D eigenvalue weighted by atomic mass is 10.2. The van der Waals surface area contributed by atoms with Crippen molar-refractivity contribution >= 4 is 11.8 Å². The third-order valence-corrected chi connectivity index (χ3v) is 2.42. The van der Waals surface area contributed by atoms with Gasteiger partial charge in [0.15, 0.2) is 0 Å². The van der Waals surface area contributed by atoms with Crippen LogP contribution in [0.4, 0.5) is 0 Å². The molecule has 5 nitrogen and oxygen atoms in total. The molecule has 1 heterocycles. The highest BCUT2D eigenvalue weighted by Crippen LogP contribution is 2.00. The Morgan fingerprint density at radius 3 is 3.00 bits per heavy atom. The predicted molar refractivity (Wildman–Crippen MR) is 57.3 cm³/mol. The molecule has 1 unspecified atom stereocenters. The average Bonchev–Trinajstić information content (AvgIpc) is 2.18. The SMILES string of the molecule is CCNC(C)CC(=O)N1CCNC(=O)C1. The second-order valence-corrected chi connectivity index (χ2v) is 3.83. The van der Waals surface area contributed by atoms with E-state index in [9.17, 15) is 9.59 Å². The normalized spacial score (nSPS) is 18.5. The molecule has 1 saturated heterocycles. The fourth-order valence-electron chi connectivity index (χ4n) is 1.66. The minimum atomic E-state index is -0.0642. The molecule has 0 aromatic heterocycles. The first-order chi connectivity index (χ1) is 7.13. The maximum atomic E-state index is 11.7. The molecule has 0 aromatic rings. The first kappa shape index (κ1) is 12.0. The van der Waals surface area contributed by atoms with Crippen LogP contribution in [-0.4, -0.2) is 48.9 Å². The summed E-state index contributed by atoms with van der Waals surface area (Å²) in [6, 6.07) is 0.174. The lowest BCUT2D eigenvalue weighted by Crippen LogP contribution is -2.50. The molecule has 0 bridgehead atoms. The number of carbonyl (C=O) groups is 2. The van der Waals surface area contributed by atoms with Gasteiger partial charge in [-0.05, 0) is 13.5 Å². The molecular weight excluding hydrogens is 194 g/mol. The number of nitrogens with one attached hydrogen (secondary N) is 2. The van der Waals surface area contributed by atoms with Gasteiger partial charge >= 0.3 is 0 Å². The van der Waals surface area contributed by atoms with Crippen LogP contribution in [0.2, 0.25) is 0 Å². The van der Waals surface area contributed by atoms with Crippen molar-refractivity contribution in [2.24, 2.45) is 0 Å². The second-order valence-electron chi connectivity index (χ2n) is 3.83. The van der Waals surface area contributed by atoms with Gasteiger partial charge in [0, 0.05) is 25.6 Å². The summed E-state index contributed by atoms with van der Waals surface area (Å²) in [5.41, 5.74) is 0. The molecule has 1 aliphatic rings. The Morgan fingerprint density at radius 1 is 1.67 bits per heavy atom. The molecule has 5 heteroatoms. The Kier molecular flexibility index (Phi) is 4.55. The van der Waals surface area contributed by atoms with Crippen molar-refractivity contribution < 1.29 is 9.59 Å². The van der Waals surface area contributed by atoms with Crippen molar-refractivity contribution in [3.63, 3.8) is 0 Å². The topological polar surface area (TPSA) is 61.4 Å². The molecule has 86 valence electrons. The maximum Gasteiger partial charge on any atom is 0.239 e. The van der Waals surface area contributed by atoms with Crippen molar-refractivity contribution in [1.82, 2.24) is 15.5 Å². The minimum absolute atomic E-state index is 0.0540. The monoisotopic (exact) mass is 213 g/mol. The van der Waals surface area contributed by atoms with Gasteiger partial charge in [0.05, 0.1) is 6.54 Å². The van der Waals surface area contributed by atoms with Crippen LogP contribution in [0.15, 0.2) is 0 Å². The van der Waals surface area contributed by atoms with Gasteiger partial charge in [-0.3, -0.25) is 9.59 Å². The van der Waals surface area contributed by atoms with Gasteiger partial charge in [-0.25, -0.2) is 0 Å². The van der Waals surface area contributed by atoms with Crippen LogP contribution in [0.3, 0.4) is 0 Å². The van der Waals surface area contributed by atoms with Crippen molar-refractivity contribution in [3.05, 3.63) is 0 Å². The molecule has 0 radical (unpaired) electrons. The Bertz CT molecular complexity index is 243. The van der Waals surface area contributed by atoms with Crippen LogP contribution >= 0.6 is 0 Å². The summed E-state index contributed by atoms with van der Waals surface area (Å²) in [6.07, 6.45) is 0.459. The first-order valence-corrected chi connectivity index (χ1v) is 5.41. The number of carbonyl (C=O) groups excluding carboxylic acids is 2. The third-order valence-electron chi connectivity index (χ3n) is 2.42. The van der Waals surface area contributed by atoms with Gasteiger partial charge in [0.1, 0.15) is 0 Å². The average molecular weight is 213 g/mol. The van der Waals surface area contributed by atoms with Gasteiger partial charge in [0.2, 0.25) is 11.8 Å². The number of hydrogen-bond donors (Lipinski definition) is 2. The van der Waals surface area contributed by atoms with Crippen molar-refractivity contribution in [2.45, 2.75) is 26.3 Å². The summed E-state index contributed by atoms with van der Waals surface area (Å²) in [7, 11) is 0. The summed E-state index contributed by atoms with van der Waals surface area (Å²) in [4.78, 5) is 24.4. The van der Waals surface area contributed by atoms with Gasteiger partial charge < -0.3 is 15.5 Å². The van der Waals surface area contributed by atoms with Crippen LogP contribution < -0.4 is 10.6 Å². The van der Waals surface area contributed by atoms with E-state index in [1.807, 2.05) is 13.8 Å². The van der Waals surface area contributed by atoms with E-state index in [1.54, 1.807) is 4.90 Å². The van der Waals surface area contributed by atoms with Crippen LogP contribution in [0, 0.1) is 0 Å². The zero-order chi connectivity index (χ0) is 11.3. The molecule has 1 fully saturated rings. The van der Waals surface area contributed by atoms with E-state index in [4.69, 9.17) is 0 Å². The van der Waals surface area contributed by atoms with Gasteiger partial charge in [0.25, 0.3) is 0 Å². The number of amides is 2. The third kappa shape index (κ3) is 3.87. The quantitative estimate of drug-likeness (QED) is 0.651. The second kappa shape index (κ2) is 5.70.